The number of rotatable bonds is 6. The number of carbonyl (C=O) groups excluding carboxylic acids is 4. The molecule has 2 N–H and O–H groups in total. The number of nitrogens with zero attached hydrogens (tertiary/aromatic N) is 2. The number of urea groups is 1. The highest BCUT2D eigenvalue weighted by atomic mass is 16.6. The Morgan fingerprint density at radius 2 is 1.63 bits per heavy atom. The average molecular weight is 420 g/mol. The Hall–Kier alpha value is -3.30. The molecular formula is C20H28N4O6. The van der Waals surface area contributed by atoms with Crippen molar-refractivity contribution in [3.05, 3.63) is 29.8 Å². The molecule has 1 aromatic carbocycles. The van der Waals surface area contributed by atoms with E-state index < -0.39 is 24.7 Å². The molecule has 10 nitrogen and oxygen atoms in total. The minimum atomic E-state index is -0.714. The van der Waals surface area contributed by atoms with E-state index in [1.807, 2.05) is 13.8 Å². The van der Waals surface area contributed by atoms with Crippen LogP contribution in [0.4, 0.5) is 15.3 Å². The number of carbonyl (C=O) groups is 4. The normalized spacial score (nSPS) is 13.6. The van der Waals surface area contributed by atoms with Gasteiger partial charge in [0.25, 0.3) is 5.91 Å². The van der Waals surface area contributed by atoms with Crippen molar-refractivity contribution in [3.8, 4) is 0 Å². The topological polar surface area (TPSA) is 117 Å². The molecule has 0 radical (unpaired) electrons. The van der Waals surface area contributed by atoms with Gasteiger partial charge in [0.2, 0.25) is 0 Å². The summed E-state index contributed by atoms with van der Waals surface area (Å²) in [4.78, 5) is 51.5. The number of hydrogen-bond donors (Lipinski definition) is 2. The molecule has 2 rings (SSSR count). The zero-order valence-electron chi connectivity index (χ0n) is 17.5. The summed E-state index contributed by atoms with van der Waals surface area (Å²) in [5.74, 6) is -1.07. The predicted octanol–water partition coefficient (Wildman–Crippen LogP) is 1.67. The van der Waals surface area contributed by atoms with Crippen molar-refractivity contribution in [3.63, 3.8) is 0 Å². The Bertz CT molecular complexity index is 774. The molecule has 10 heteroatoms. The van der Waals surface area contributed by atoms with Crippen molar-refractivity contribution in [2.75, 3.05) is 44.7 Å². The molecule has 0 aliphatic carbocycles. The van der Waals surface area contributed by atoms with E-state index in [9.17, 15) is 19.2 Å². The molecule has 0 aromatic heterocycles. The highest BCUT2D eigenvalue weighted by molar-refractivity contribution is 6.01. The SMILES string of the molecule is CCOC(=O)N1CCN(C(=O)COC(=O)c2ccccc2NC(=O)NC(C)C)CC1. The first-order valence-corrected chi connectivity index (χ1v) is 9.85. The molecule has 4 amide bonds. The van der Waals surface area contributed by atoms with E-state index in [1.165, 1.54) is 15.9 Å². The van der Waals surface area contributed by atoms with E-state index in [-0.39, 0.29) is 23.2 Å². The quantitative estimate of drug-likeness (QED) is 0.676. The third-order valence-electron chi connectivity index (χ3n) is 4.30. The van der Waals surface area contributed by atoms with E-state index in [1.54, 1.807) is 25.1 Å². The first kappa shape index (κ1) is 23.0. The lowest BCUT2D eigenvalue weighted by molar-refractivity contribution is -0.136. The second-order valence-electron chi connectivity index (χ2n) is 6.94. The molecule has 0 saturated carbocycles. The van der Waals surface area contributed by atoms with Crippen LogP contribution < -0.4 is 10.6 Å². The maximum absolute atomic E-state index is 12.4. The lowest BCUT2D eigenvalue weighted by Crippen LogP contribution is -2.51. The van der Waals surface area contributed by atoms with Crippen LogP contribution in [0.2, 0.25) is 0 Å². The van der Waals surface area contributed by atoms with Crippen molar-refractivity contribution >= 4 is 29.7 Å². The van der Waals surface area contributed by atoms with Crippen molar-refractivity contribution in [1.82, 2.24) is 15.1 Å². The summed E-state index contributed by atoms with van der Waals surface area (Å²) in [6.45, 7) is 6.62. The van der Waals surface area contributed by atoms with Crippen molar-refractivity contribution in [2.24, 2.45) is 0 Å². The molecular weight excluding hydrogens is 392 g/mol. The summed E-state index contributed by atoms with van der Waals surface area (Å²) in [5, 5.41) is 5.27. The largest absolute Gasteiger partial charge is 0.452 e. The van der Waals surface area contributed by atoms with Crippen LogP contribution in [0.25, 0.3) is 0 Å². The van der Waals surface area contributed by atoms with Gasteiger partial charge in [0.1, 0.15) is 0 Å². The molecule has 1 fully saturated rings. The number of benzene rings is 1. The molecule has 1 saturated heterocycles. The van der Waals surface area contributed by atoms with Gasteiger partial charge in [-0.2, -0.15) is 0 Å². The third kappa shape index (κ3) is 6.64. The van der Waals surface area contributed by atoms with Crippen LogP contribution >= 0.6 is 0 Å². The Balaban J connectivity index is 1.87. The number of amides is 4. The smallest absolute Gasteiger partial charge is 0.409 e. The van der Waals surface area contributed by atoms with E-state index in [0.717, 1.165) is 0 Å². The molecule has 1 aliphatic heterocycles. The van der Waals surface area contributed by atoms with Crippen LogP contribution in [0.1, 0.15) is 31.1 Å². The number of nitrogens with one attached hydrogen (secondary N) is 2. The summed E-state index contributed by atoms with van der Waals surface area (Å²) in [6, 6.07) is 5.89. The number of ether oxygens (including phenoxy) is 2. The van der Waals surface area contributed by atoms with Crippen LogP contribution in [-0.2, 0) is 14.3 Å². The number of piperazine rings is 1. The maximum Gasteiger partial charge on any atom is 0.409 e. The second kappa shape index (κ2) is 11.0. The lowest BCUT2D eigenvalue weighted by Gasteiger charge is -2.33. The fourth-order valence-electron chi connectivity index (χ4n) is 2.84. The standard InChI is InChI=1S/C20H28N4O6/c1-4-29-20(28)24-11-9-23(10-12-24)17(25)13-30-18(26)15-7-5-6-8-16(15)22-19(27)21-14(2)3/h5-8,14H,4,9-13H2,1-3H3,(H2,21,22,27). The molecule has 0 bridgehead atoms. The molecule has 1 aliphatic rings. The van der Waals surface area contributed by atoms with Crippen molar-refractivity contribution in [2.45, 2.75) is 26.8 Å². The van der Waals surface area contributed by atoms with Gasteiger partial charge in [-0.15, -0.1) is 0 Å². The second-order valence-corrected chi connectivity index (χ2v) is 6.94. The molecule has 1 heterocycles. The van der Waals surface area contributed by atoms with Crippen molar-refractivity contribution < 1.29 is 28.7 Å². The van der Waals surface area contributed by atoms with E-state index >= 15 is 0 Å². The summed E-state index contributed by atoms with van der Waals surface area (Å²) in [6.07, 6.45) is -0.401. The van der Waals surface area contributed by atoms with Gasteiger partial charge in [-0.3, -0.25) is 4.79 Å². The lowest BCUT2D eigenvalue weighted by atomic mass is 10.2. The molecule has 0 atom stereocenters. The fourth-order valence-corrected chi connectivity index (χ4v) is 2.84. The zero-order chi connectivity index (χ0) is 22.1. The highest BCUT2D eigenvalue weighted by Gasteiger charge is 2.25. The zero-order valence-corrected chi connectivity index (χ0v) is 17.5. The van der Waals surface area contributed by atoms with Gasteiger partial charge < -0.3 is 29.9 Å². The van der Waals surface area contributed by atoms with Crippen LogP contribution in [-0.4, -0.2) is 79.2 Å². The maximum atomic E-state index is 12.4. The molecule has 0 spiro atoms. The Labute approximate surface area is 175 Å². The van der Waals surface area contributed by atoms with E-state index in [4.69, 9.17) is 9.47 Å². The monoisotopic (exact) mass is 420 g/mol. The number of esters is 1. The van der Waals surface area contributed by atoms with Crippen LogP contribution in [0.15, 0.2) is 24.3 Å². The van der Waals surface area contributed by atoms with E-state index in [0.29, 0.717) is 32.8 Å². The van der Waals surface area contributed by atoms with Gasteiger partial charge >= 0.3 is 18.1 Å². The summed E-state index contributed by atoms with van der Waals surface area (Å²) >= 11 is 0. The number of hydrogen-bond acceptors (Lipinski definition) is 6. The molecule has 1 aromatic rings. The molecule has 0 unspecified atom stereocenters. The van der Waals surface area contributed by atoms with Gasteiger partial charge in [0, 0.05) is 32.2 Å². The van der Waals surface area contributed by atoms with Crippen LogP contribution in [0, 0.1) is 0 Å². The van der Waals surface area contributed by atoms with Crippen molar-refractivity contribution in [1.29, 1.82) is 0 Å². The van der Waals surface area contributed by atoms with Gasteiger partial charge in [-0.1, -0.05) is 12.1 Å². The minimum Gasteiger partial charge on any atom is -0.452 e. The minimum absolute atomic E-state index is 0.0639. The fraction of sp³-hybridized carbons (Fsp3) is 0.500. The summed E-state index contributed by atoms with van der Waals surface area (Å²) < 4.78 is 10.1. The highest BCUT2D eigenvalue weighted by Crippen LogP contribution is 2.16. The van der Waals surface area contributed by atoms with Gasteiger partial charge in [-0.25, -0.2) is 14.4 Å². The Morgan fingerprint density at radius 1 is 1.00 bits per heavy atom. The van der Waals surface area contributed by atoms with Crippen LogP contribution in [0.5, 0.6) is 0 Å². The third-order valence-corrected chi connectivity index (χ3v) is 4.30. The van der Waals surface area contributed by atoms with Gasteiger partial charge in [0.15, 0.2) is 6.61 Å². The number of anilines is 1. The molecule has 164 valence electrons. The average Bonchev–Trinajstić information content (AvgIpc) is 2.71. The first-order valence-electron chi connectivity index (χ1n) is 9.85. The summed E-state index contributed by atoms with van der Waals surface area (Å²) in [7, 11) is 0. The first-order chi connectivity index (χ1) is 14.3. The van der Waals surface area contributed by atoms with Gasteiger partial charge in [0.05, 0.1) is 17.9 Å². The van der Waals surface area contributed by atoms with Crippen LogP contribution in [0.3, 0.4) is 0 Å². The van der Waals surface area contributed by atoms with E-state index in [2.05, 4.69) is 10.6 Å². The van der Waals surface area contributed by atoms with Gasteiger partial charge in [-0.05, 0) is 32.9 Å². The Morgan fingerprint density at radius 3 is 2.27 bits per heavy atom. The Kier molecular flexibility index (Phi) is 8.45. The molecule has 30 heavy (non-hydrogen) atoms. The summed E-state index contributed by atoms with van der Waals surface area (Å²) in [5.41, 5.74) is 0.437. The number of para-hydroxylation sites is 1. The predicted molar refractivity (Wildman–Crippen MR) is 109 cm³/mol.